The third-order valence-electron chi connectivity index (χ3n) is 3.14. The van der Waals surface area contributed by atoms with E-state index < -0.39 is 0 Å². The van der Waals surface area contributed by atoms with Crippen LogP contribution in [0.15, 0.2) is 22.7 Å². The molecule has 1 atom stereocenters. The van der Waals surface area contributed by atoms with Crippen molar-refractivity contribution in [1.82, 2.24) is 5.32 Å². The molecule has 0 heterocycles. The number of hydrogen-bond acceptors (Lipinski definition) is 1. The number of hydrogen-bond donors (Lipinski definition) is 1. The maximum absolute atomic E-state index is 6.22. The van der Waals surface area contributed by atoms with Gasteiger partial charge in [0.2, 0.25) is 0 Å². The van der Waals surface area contributed by atoms with Gasteiger partial charge in [-0.2, -0.15) is 0 Å². The van der Waals surface area contributed by atoms with Crippen molar-refractivity contribution in [3.05, 3.63) is 33.3 Å². The molecule has 0 aliphatic heterocycles. The molecule has 3 heteroatoms. The second-order valence-electron chi connectivity index (χ2n) is 4.74. The lowest BCUT2D eigenvalue weighted by Crippen LogP contribution is -2.28. The third-order valence-corrected chi connectivity index (χ3v) is 3.98. The van der Waals surface area contributed by atoms with Gasteiger partial charge in [-0.15, -0.1) is 0 Å². The van der Waals surface area contributed by atoms with Crippen molar-refractivity contribution in [3.63, 3.8) is 0 Å². The first-order valence-corrected chi connectivity index (χ1v) is 8.01. The van der Waals surface area contributed by atoms with Crippen LogP contribution in [0.25, 0.3) is 0 Å². The maximum atomic E-state index is 6.22. The molecule has 18 heavy (non-hydrogen) atoms. The van der Waals surface area contributed by atoms with Gasteiger partial charge in [-0.25, -0.2) is 0 Å². The summed E-state index contributed by atoms with van der Waals surface area (Å²) in [4.78, 5) is 0. The zero-order valence-electron chi connectivity index (χ0n) is 11.3. The Balaban J connectivity index is 2.49. The van der Waals surface area contributed by atoms with E-state index in [9.17, 15) is 0 Å². The normalized spacial score (nSPS) is 12.7. The van der Waals surface area contributed by atoms with Gasteiger partial charge in [0.15, 0.2) is 0 Å². The highest BCUT2D eigenvalue weighted by atomic mass is 79.9. The molecule has 1 N–H and O–H groups in total. The summed E-state index contributed by atoms with van der Waals surface area (Å²) in [5.74, 6) is 0. The fourth-order valence-electron chi connectivity index (χ4n) is 2.07. The highest BCUT2D eigenvalue weighted by Gasteiger charge is 2.08. The molecule has 0 spiro atoms. The van der Waals surface area contributed by atoms with Gasteiger partial charge in [0.05, 0.1) is 0 Å². The van der Waals surface area contributed by atoms with E-state index in [2.05, 4.69) is 41.2 Å². The minimum Gasteiger partial charge on any atom is -0.310 e. The Labute approximate surface area is 124 Å². The molecule has 102 valence electrons. The number of halogens is 2. The minimum atomic E-state index is 0.620. The van der Waals surface area contributed by atoms with Crippen LogP contribution in [-0.4, -0.2) is 6.04 Å². The fourth-order valence-corrected chi connectivity index (χ4v) is 2.81. The third kappa shape index (κ3) is 5.73. The molecule has 0 saturated carbocycles. The summed E-state index contributed by atoms with van der Waals surface area (Å²) >= 11 is 9.65. The van der Waals surface area contributed by atoms with E-state index >= 15 is 0 Å². The second kappa shape index (κ2) is 8.95. The molecule has 0 amide bonds. The maximum Gasteiger partial charge on any atom is 0.0462 e. The Morgan fingerprint density at radius 1 is 1.22 bits per heavy atom. The zero-order valence-corrected chi connectivity index (χ0v) is 13.6. The highest BCUT2D eigenvalue weighted by Crippen LogP contribution is 2.21. The Hall–Kier alpha value is -0.0500. The van der Waals surface area contributed by atoms with E-state index in [1.807, 2.05) is 12.1 Å². The van der Waals surface area contributed by atoms with Gasteiger partial charge in [0.25, 0.3) is 0 Å². The topological polar surface area (TPSA) is 12.0 Å². The van der Waals surface area contributed by atoms with Crippen molar-refractivity contribution in [3.8, 4) is 0 Å². The molecule has 0 fully saturated rings. The fraction of sp³-hybridized carbons (Fsp3) is 0.600. The van der Waals surface area contributed by atoms with Gasteiger partial charge in [0.1, 0.15) is 0 Å². The first-order valence-electron chi connectivity index (χ1n) is 6.84. The number of rotatable bonds is 8. The summed E-state index contributed by atoms with van der Waals surface area (Å²) in [7, 11) is 0. The SMILES string of the molecule is CCCCC(CCC)NCc1ccc(Br)cc1Cl. The molecule has 1 aromatic rings. The lowest BCUT2D eigenvalue weighted by Gasteiger charge is -2.18. The molecule has 0 radical (unpaired) electrons. The van der Waals surface area contributed by atoms with Crippen molar-refractivity contribution in [2.45, 2.75) is 58.5 Å². The summed E-state index contributed by atoms with van der Waals surface area (Å²) in [5.41, 5.74) is 1.18. The lowest BCUT2D eigenvalue weighted by molar-refractivity contribution is 0.434. The summed E-state index contributed by atoms with van der Waals surface area (Å²) in [6, 6.07) is 6.71. The van der Waals surface area contributed by atoms with Crippen LogP contribution in [0.1, 0.15) is 51.5 Å². The standard InChI is InChI=1S/C15H23BrClN/c1-3-5-7-14(6-4-2)18-11-12-8-9-13(16)10-15(12)17/h8-10,14,18H,3-7,11H2,1-2H3. The predicted molar refractivity (Wildman–Crippen MR) is 84.2 cm³/mol. The molecule has 1 rings (SSSR count). The van der Waals surface area contributed by atoms with Crippen LogP contribution in [0.5, 0.6) is 0 Å². The van der Waals surface area contributed by atoms with Crippen LogP contribution < -0.4 is 5.32 Å². The first kappa shape index (κ1) is 16.0. The largest absolute Gasteiger partial charge is 0.310 e. The summed E-state index contributed by atoms with van der Waals surface area (Å²) in [6.45, 7) is 5.35. The molecular weight excluding hydrogens is 310 g/mol. The van der Waals surface area contributed by atoms with Crippen LogP contribution >= 0.6 is 27.5 Å². The number of benzene rings is 1. The first-order chi connectivity index (χ1) is 8.67. The Morgan fingerprint density at radius 3 is 2.61 bits per heavy atom. The number of unbranched alkanes of at least 4 members (excludes halogenated alkanes) is 1. The van der Waals surface area contributed by atoms with E-state index in [4.69, 9.17) is 11.6 Å². The highest BCUT2D eigenvalue weighted by molar-refractivity contribution is 9.10. The Kier molecular flexibility index (Phi) is 7.96. The smallest absolute Gasteiger partial charge is 0.0462 e. The van der Waals surface area contributed by atoms with Crippen LogP contribution in [0.2, 0.25) is 5.02 Å². The monoisotopic (exact) mass is 331 g/mol. The average molecular weight is 333 g/mol. The quantitative estimate of drug-likeness (QED) is 0.658. The summed E-state index contributed by atoms with van der Waals surface area (Å²) < 4.78 is 1.03. The van der Waals surface area contributed by atoms with Gasteiger partial charge >= 0.3 is 0 Å². The molecule has 1 aromatic carbocycles. The van der Waals surface area contributed by atoms with Gasteiger partial charge in [-0.3, -0.25) is 0 Å². The Morgan fingerprint density at radius 2 is 2.00 bits per heavy atom. The predicted octanol–water partition coefficient (Wildman–Crippen LogP) is 5.55. The molecule has 0 aromatic heterocycles. The van der Waals surface area contributed by atoms with Crippen LogP contribution in [0.4, 0.5) is 0 Å². The van der Waals surface area contributed by atoms with Crippen molar-refractivity contribution in [1.29, 1.82) is 0 Å². The van der Waals surface area contributed by atoms with Gasteiger partial charge in [0, 0.05) is 22.1 Å². The Bertz CT molecular complexity index is 354. The average Bonchev–Trinajstić information content (AvgIpc) is 2.34. The molecule has 1 unspecified atom stereocenters. The van der Waals surface area contributed by atoms with Crippen molar-refractivity contribution in [2.75, 3.05) is 0 Å². The second-order valence-corrected chi connectivity index (χ2v) is 6.07. The van der Waals surface area contributed by atoms with E-state index in [1.54, 1.807) is 0 Å². The van der Waals surface area contributed by atoms with Crippen molar-refractivity contribution >= 4 is 27.5 Å². The van der Waals surface area contributed by atoms with Gasteiger partial charge < -0.3 is 5.32 Å². The zero-order chi connectivity index (χ0) is 13.4. The molecule has 0 saturated heterocycles. The molecule has 0 bridgehead atoms. The van der Waals surface area contributed by atoms with Crippen LogP contribution in [-0.2, 0) is 6.54 Å². The molecule has 1 nitrogen and oxygen atoms in total. The minimum absolute atomic E-state index is 0.620. The van der Waals surface area contributed by atoms with Crippen LogP contribution in [0.3, 0.4) is 0 Å². The van der Waals surface area contributed by atoms with Gasteiger partial charge in [-0.05, 0) is 30.5 Å². The van der Waals surface area contributed by atoms with Crippen molar-refractivity contribution < 1.29 is 0 Å². The summed E-state index contributed by atoms with van der Waals surface area (Å²) in [6.07, 6.45) is 6.30. The van der Waals surface area contributed by atoms with E-state index in [-0.39, 0.29) is 0 Å². The van der Waals surface area contributed by atoms with E-state index in [0.29, 0.717) is 6.04 Å². The van der Waals surface area contributed by atoms with E-state index in [0.717, 1.165) is 16.0 Å². The van der Waals surface area contributed by atoms with E-state index in [1.165, 1.54) is 37.7 Å². The lowest BCUT2D eigenvalue weighted by atomic mass is 10.0. The van der Waals surface area contributed by atoms with Crippen molar-refractivity contribution in [2.24, 2.45) is 0 Å². The molecule has 0 aliphatic carbocycles. The molecular formula is C15H23BrClN. The molecule has 0 aliphatic rings. The summed E-state index contributed by atoms with van der Waals surface area (Å²) in [5, 5.41) is 4.47. The van der Waals surface area contributed by atoms with Crippen LogP contribution in [0, 0.1) is 0 Å². The van der Waals surface area contributed by atoms with Gasteiger partial charge in [-0.1, -0.05) is 66.7 Å². The number of nitrogens with one attached hydrogen (secondary N) is 1.